The van der Waals surface area contributed by atoms with Gasteiger partial charge in [-0.05, 0) is 31.5 Å². The number of aryl methyl sites for hydroxylation is 3. The largest absolute Gasteiger partial charge is 0.483 e. The minimum absolute atomic E-state index is 0.173. The fourth-order valence-electron chi connectivity index (χ4n) is 2.84. The Balaban J connectivity index is 1.79. The molecule has 2 aromatic heterocycles. The highest BCUT2D eigenvalue weighted by Crippen LogP contribution is 2.18. The number of aromatic nitrogens is 3. The van der Waals surface area contributed by atoms with Gasteiger partial charge in [-0.25, -0.2) is 9.78 Å². The summed E-state index contributed by atoms with van der Waals surface area (Å²) >= 11 is 0. The third kappa shape index (κ3) is 3.59. The first-order valence-electron chi connectivity index (χ1n) is 8.33. The van der Waals surface area contributed by atoms with Crippen molar-refractivity contribution in [2.45, 2.75) is 13.8 Å². The van der Waals surface area contributed by atoms with Gasteiger partial charge in [0.05, 0.1) is 17.3 Å². The predicted octanol–water partition coefficient (Wildman–Crippen LogP) is 1.27. The Morgan fingerprint density at radius 1 is 1.15 bits per heavy atom. The molecule has 8 heteroatoms. The number of ether oxygens (including phenoxy) is 1. The highest BCUT2D eigenvalue weighted by Gasteiger charge is 2.12. The Bertz CT molecular complexity index is 1160. The second kappa shape index (κ2) is 7.06. The number of nitrogens with zero attached hydrogens (tertiary/aromatic N) is 3. The highest BCUT2D eigenvalue weighted by molar-refractivity contribution is 5.93. The first-order valence-corrected chi connectivity index (χ1v) is 8.33. The third-order valence-corrected chi connectivity index (χ3v) is 4.27. The molecule has 2 heterocycles. The molecule has 3 rings (SSSR count). The molecular weight excluding hydrogens is 348 g/mol. The molecule has 8 nitrogen and oxygen atoms in total. The fraction of sp³-hybridized carbons (Fsp3) is 0.263. The van der Waals surface area contributed by atoms with E-state index >= 15 is 0 Å². The molecule has 3 aromatic rings. The molecule has 1 aromatic carbocycles. The number of fused-ring (bicyclic) bond motifs is 1. The lowest BCUT2D eigenvalue weighted by molar-refractivity contribution is -0.118. The zero-order chi connectivity index (χ0) is 19.7. The van der Waals surface area contributed by atoms with Gasteiger partial charge in [0, 0.05) is 14.1 Å². The Hall–Kier alpha value is -3.42. The van der Waals surface area contributed by atoms with Gasteiger partial charge in [0.25, 0.3) is 11.5 Å². The lowest BCUT2D eigenvalue weighted by atomic mass is 10.1. The van der Waals surface area contributed by atoms with E-state index in [0.717, 1.165) is 15.7 Å². The van der Waals surface area contributed by atoms with E-state index in [0.29, 0.717) is 11.4 Å². The van der Waals surface area contributed by atoms with Crippen LogP contribution in [0.5, 0.6) is 5.75 Å². The van der Waals surface area contributed by atoms with Gasteiger partial charge in [-0.3, -0.25) is 18.7 Å². The van der Waals surface area contributed by atoms with Crippen LogP contribution in [0.3, 0.4) is 0 Å². The van der Waals surface area contributed by atoms with Gasteiger partial charge < -0.3 is 10.1 Å². The minimum atomic E-state index is -0.469. The van der Waals surface area contributed by atoms with Crippen molar-refractivity contribution in [3.05, 3.63) is 62.4 Å². The number of amides is 1. The van der Waals surface area contributed by atoms with Gasteiger partial charge in [0.15, 0.2) is 6.61 Å². The second-order valence-corrected chi connectivity index (χ2v) is 6.41. The van der Waals surface area contributed by atoms with Crippen molar-refractivity contribution in [1.29, 1.82) is 0 Å². The molecule has 0 atom stereocenters. The van der Waals surface area contributed by atoms with Crippen LogP contribution in [-0.4, -0.2) is 26.6 Å². The molecule has 0 aliphatic heterocycles. The number of carbonyl (C=O) groups is 1. The molecule has 0 saturated heterocycles. The summed E-state index contributed by atoms with van der Waals surface area (Å²) in [6, 6.07) is 7.20. The maximum Gasteiger partial charge on any atom is 0.332 e. The van der Waals surface area contributed by atoms with E-state index < -0.39 is 11.2 Å². The van der Waals surface area contributed by atoms with E-state index in [9.17, 15) is 14.4 Å². The summed E-state index contributed by atoms with van der Waals surface area (Å²) in [7, 11) is 2.93. The van der Waals surface area contributed by atoms with E-state index in [1.807, 2.05) is 32.0 Å². The quantitative estimate of drug-likeness (QED) is 0.748. The van der Waals surface area contributed by atoms with Crippen LogP contribution >= 0.6 is 0 Å². The molecule has 0 unspecified atom stereocenters. The molecule has 0 aliphatic carbocycles. The first kappa shape index (κ1) is 18.4. The summed E-state index contributed by atoms with van der Waals surface area (Å²) in [5.74, 6) is 0.258. The Morgan fingerprint density at radius 3 is 2.59 bits per heavy atom. The number of anilines is 1. The molecule has 27 heavy (non-hydrogen) atoms. The number of pyridine rings is 1. The number of nitrogens with one attached hydrogen (secondary N) is 1. The van der Waals surface area contributed by atoms with E-state index in [1.165, 1.54) is 30.9 Å². The Labute approximate surface area is 155 Å². The van der Waals surface area contributed by atoms with Gasteiger partial charge in [0.1, 0.15) is 11.4 Å². The van der Waals surface area contributed by atoms with E-state index in [4.69, 9.17) is 4.74 Å². The molecule has 0 radical (unpaired) electrons. The molecular formula is C19H20N4O4. The highest BCUT2D eigenvalue weighted by atomic mass is 16.5. The van der Waals surface area contributed by atoms with Crippen molar-refractivity contribution in [2.24, 2.45) is 14.1 Å². The van der Waals surface area contributed by atoms with Crippen molar-refractivity contribution in [3.8, 4) is 5.75 Å². The van der Waals surface area contributed by atoms with Crippen LogP contribution in [-0.2, 0) is 18.9 Å². The number of benzene rings is 1. The summed E-state index contributed by atoms with van der Waals surface area (Å²) in [6.45, 7) is 3.72. The van der Waals surface area contributed by atoms with Crippen LogP contribution in [0.25, 0.3) is 11.0 Å². The third-order valence-electron chi connectivity index (χ3n) is 4.27. The molecule has 0 saturated carbocycles. The number of rotatable bonds is 4. The lowest BCUT2D eigenvalue weighted by Crippen LogP contribution is -2.37. The fourth-order valence-corrected chi connectivity index (χ4v) is 2.84. The Morgan fingerprint density at radius 2 is 1.89 bits per heavy atom. The molecule has 1 N–H and O–H groups in total. The number of hydrogen-bond acceptors (Lipinski definition) is 5. The predicted molar refractivity (Wildman–Crippen MR) is 102 cm³/mol. The van der Waals surface area contributed by atoms with E-state index in [-0.39, 0.29) is 23.5 Å². The molecule has 140 valence electrons. The van der Waals surface area contributed by atoms with Crippen LogP contribution in [0.4, 0.5) is 5.69 Å². The lowest BCUT2D eigenvalue weighted by Gasteiger charge is -2.11. The minimum Gasteiger partial charge on any atom is -0.483 e. The second-order valence-electron chi connectivity index (χ2n) is 6.41. The topological polar surface area (TPSA) is 95.2 Å². The van der Waals surface area contributed by atoms with Crippen LogP contribution in [0.2, 0.25) is 0 Å². The maximum atomic E-state index is 12.3. The molecule has 1 amide bonds. The van der Waals surface area contributed by atoms with E-state index in [2.05, 4.69) is 10.3 Å². The monoisotopic (exact) mass is 368 g/mol. The first-order chi connectivity index (χ1) is 12.8. The van der Waals surface area contributed by atoms with Gasteiger partial charge in [0.2, 0.25) is 0 Å². The van der Waals surface area contributed by atoms with Crippen molar-refractivity contribution in [1.82, 2.24) is 14.1 Å². The number of hydrogen-bond donors (Lipinski definition) is 1. The zero-order valence-corrected chi connectivity index (χ0v) is 15.6. The SMILES string of the molecule is Cc1ccc(OCC(=O)Nc2cnc3c(c2)c(=O)n(C)c(=O)n3C)c(C)c1. The average Bonchev–Trinajstić information content (AvgIpc) is 2.64. The van der Waals surface area contributed by atoms with Gasteiger partial charge >= 0.3 is 5.69 Å². The summed E-state index contributed by atoms with van der Waals surface area (Å²) in [5, 5.41) is 2.90. The summed E-state index contributed by atoms with van der Waals surface area (Å²) in [6.07, 6.45) is 1.40. The maximum absolute atomic E-state index is 12.3. The summed E-state index contributed by atoms with van der Waals surface area (Å²) in [4.78, 5) is 40.5. The summed E-state index contributed by atoms with van der Waals surface area (Å²) in [5.41, 5.74) is 1.74. The molecule has 0 aliphatic rings. The van der Waals surface area contributed by atoms with Crippen LogP contribution in [0, 0.1) is 13.8 Å². The van der Waals surface area contributed by atoms with Crippen LogP contribution in [0.15, 0.2) is 40.1 Å². The average molecular weight is 368 g/mol. The van der Waals surface area contributed by atoms with E-state index in [1.54, 1.807) is 0 Å². The van der Waals surface area contributed by atoms with Crippen molar-refractivity contribution in [3.63, 3.8) is 0 Å². The normalized spacial score (nSPS) is 10.8. The summed E-state index contributed by atoms with van der Waals surface area (Å²) < 4.78 is 7.83. The Kier molecular flexibility index (Phi) is 4.81. The molecule has 0 fully saturated rings. The van der Waals surface area contributed by atoms with Crippen molar-refractivity contribution >= 4 is 22.6 Å². The van der Waals surface area contributed by atoms with Crippen LogP contribution < -0.4 is 21.3 Å². The van der Waals surface area contributed by atoms with Gasteiger partial charge in [-0.15, -0.1) is 0 Å². The van der Waals surface area contributed by atoms with Gasteiger partial charge in [-0.1, -0.05) is 17.7 Å². The van der Waals surface area contributed by atoms with Gasteiger partial charge in [-0.2, -0.15) is 0 Å². The molecule has 0 bridgehead atoms. The standard InChI is InChI=1S/C19H20N4O4/c1-11-5-6-15(12(2)7-11)27-10-16(24)21-13-8-14-17(20-9-13)22(3)19(26)23(4)18(14)25/h5-9H,10H2,1-4H3,(H,21,24). The zero-order valence-electron chi connectivity index (χ0n) is 15.6. The van der Waals surface area contributed by atoms with Crippen molar-refractivity contribution < 1.29 is 9.53 Å². The molecule has 0 spiro atoms. The smallest absolute Gasteiger partial charge is 0.332 e. The van der Waals surface area contributed by atoms with Crippen LogP contribution in [0.1, 0.15) is 11.1 Å². The van der Waals surface area contributed by atoms with Crippen molar-refractivity contribution in [2.75, 3.05) is 11.9 Å². The number of carbonyl (C=O) groups excluding carboxylic acids is 1.